The predicted octanol–water partition coefficient (Wildman–Crippen LogP) is 2.08. The molecular weight excluding hydrogens is 427 g/mol. The summed E-state index contributed by atoms with van der Waals surface area (Å²) < 4.78 is 2.24. The minimum atomic E-state index is -0.225. The maximum Gasteiger partial charge on any atom is 0.147 e. The molecule has 0 spiro atoms. The van der Waals surface area contributed by atoms with Crippen LogP contribution in [0.3, 0.4) is 0 Å². The molecule has 78 valence electrons. The number of hydrogen-bond donors (Lipinski definition) is 2. The number of rotatable bonds is 4. The van der Waals surface area contributed by atoms with Gasteiger partial charge >= 0.3 is 0 Å². The molecule has 1 aliphatic rings. The third-order valence-electron chi connectivity index (χ3n) is 1.43. The van der Waals surface area contributed by atoms with Crippen molar-refractivity contribution in [2.45, 2.75) is 0 Å². The molecule has 0 aromatic rings. The molecule has 1 aliphatic heterocycles. The summed E-state index contributed by atoms with van der Waals surface area (Å²) >= 11 is 8.14. The molecular formula is C8H10ClI2N3. The summed E-state index contributed by atoms with van der Waals surface area (Å²) in [5.41, 5.74) is 5.61. The standard InChI is InChI=1S/C8H10ClI2N3/c1-2-3-13-7-6(9)5(4-12)11-8(10)14-7/h2H,1,3-4,12H2,(H,13,14). The second kappa shape index (κ2) is 6.19. The van der Waals surface area contributed by atoms with E-state index < -0.39 is 0 Å². The second-order valence-corrected chi connectivity index (χ2v) is 8.72. The van der Waals surface area contributed by atoms with E-state index in [1.54, 1.807) is 6.08 Å². The van der Waals surface area contributed by atoms with Gasteiger partial charge in [-0.3, -0.25) is 0 Å². The fourth-order valence-electron chi connectivity index (χ4n) is 0.833. The van der Waals surface area contributed by atoms with Gasteiger partial charge in [0.2, 0.25) is 0 Å². The lowest BCUT2D eigenvalue weighted by molar-refractivity contribution is 0.890. The van der Waals surface area contributed by atoms with Crippen LogP contribution >= 0.6 is 54.9 Å². The predicted molar refractivity (Wildman–Crippen MR) is 80.6 cm³/mol. The van der Waals surface area contributed by atoms with E-state index in [1.165, 1.54) is 0 Å². The number of nitrogens with one attached hydrogen (secondary N) is 1. The van der Waals surface area contributed by atoms with Gasteiger partial charge in [-0.25, -0.2) is 4.99 Å². The molecule has 0 bridgehead atoms. The van der Waals surface area contributed by atoms with Gasteiger partial charge in [-0.05, 0) is 22.6 Å². The Morgan fingerprint density at radius 1 is 1.71 bits per heavy atom. The Bertz CT molecular complexity index is 333. The molecule has 0 aliphatic carbocycles. The number of nitrogens with two attached hydrogens (primary N) is 1. The quantitative estimate of drug-likeness (QED) is 0.523. The van der Waals surface area contributed by atoms with Gasteiger partial charge in [0.1, 0.15) is 7.55 Å². The van der Waals surface area contributed by atoms with Crippen LogP contribution < -0.4 is 11.1 Å². The molecule has 1 rings (SSSR count). The van der Waals surface area contributed by atoms with Crippen molar-refractivity contribution in [2.75, 3.05) is 13.1 Å². The zero-order chi connectivity index (χ0) is 10.6. The first kappa shape index (κ1) is 12.6. The van der Waals surface area contributed by atoms with E-state index >= 15 is 0 Å². The van der Waals surface area contributed by atoms with Crippen LogP contribution in [-0.4, -0.2) is 18.3 Å². The molecule has 14 heavy (non-hydrogen) atoms. The molecule has 0 aromatic heterocycles. The van der Waals surface area contributed by atoms with Crippen molar-refractivity contribution in [1.82, 2.24) is 5.32 Å². The number of aliphatic imine (C=N–C) groups is 1. The molecule has 0 saturated carbocycles. The molecule has 0 unspecified atom stereocenters. The van der Waals surface area contributed by atoms with Crippen LogP contribution in [0.4, 0.5) is 0 Å². The topological polar surface area (TPSA) is 50.4 Å². The van der Waals surface area contributed by atoms with Crippen LogP contribution in [0.1, 0.15) is 0 Å². The summed E-state index contributed by atoms with van der Waals surface area (Å²) in [7, 11) is 0. The van der Waals surface area contributed by atoms with Gasteiger partial charge in [0, 0.05) is 16.6 Å². The van der Waals surface area contributed by atoms with Crippen molar-refractivity contribution >= 4 is 60.2 Å². The van der Waals surface area contributed by atoms with Crippen LogP contribution in [0.15, 0.2) is 28.5 Å². The van der Waals surface area contributed by atoms with E-state index in [4.69, 9.17) is 17.3 Å². The largest absolute Gasteiger partial charge is 0.365 e. The zero-order valence-electron chi connectivity index (χ0n) is 7.36. The van der Waals surface area contributed by atoms with Gasteiger partial charge in [0.05, 0.1) is 5.03 Å². The van der Waals surface area contributed by atoms with Gasteiger partial charge in [0.25, 0.3) is 0 Å². The maximum absolute atomic E-state index is 6.13. The SMILES string of the molecule is C=CCNC1=C(Cl)C(CN)=IC(I)=N1. The van der Waals surface area contributed by atoms with Crippen LogP contribution in [0.5, 0.6) is 0 Å². The highest BCUT2D eigenvalue weighted by molar-refractivity contribution is 14.3. The Morgan fingerprint density at radius 2 is 2.43 bits per heavy atom. The van der Waals surface area contributed by atoms with Crippen molar-refractivity contribution < 1.29 is 0 Å². The normalized spacial score (nSPS) is 16.8. The summed E-state index contributed by atoms with van der Waals surface area (Å²) in [6.07, 6.45) is 1.77. The Labute approximate surface area is 112 Å². The average molecular weight is 437 g/mol. The fraction of sp³-hybridized carbons (Fsp3) is 0.250. The van der Waals surface area contributed by atoms with E-state index in [9.17, 15) is 0 Å². The minimum Gasteiger partial charge on any atom is -0.365 e. The molecule has 0 radical (unpaired) electrons. The molecule has 3 nitrogen and oxygen atoms in total. The first-order chi connectivity index (χ1) is 6.69. The summed E-state index contributed by atoms with van der Waals surface area (Å²) in [5, 5.41) is 3.79. The van der Waals surface area contributed by atoms with Gasteiger partial charge in [0.15, 0.2) is 0 Å². The Hall–Kier alpha value is 0.530. The molecule has 0 saturated heterocycles. The van der Waals surface area contributed by atoms with Gasteiger partial charge in [-0.1, -0.05) is 38.4 Å². The van der Waals surface area contributed by atoms with E-state index in [1.807, 2.05) is 0 Å². The van der Waals surface area contributed by atoms with Crippen molar-refractivity contribution in [3.63, 3.8) is 0 Å². The third-order valence-corrected chi connectivity index (χ3v) is 6.08. The second-order valence-electron chi connectivity index (χ2n) is 2.39. The number of hydrogen-bond acceptors (Lipinski definition) is 3. The third kappa shape index (κ3) is 3.28. The smallest absolute Gasteiger partial charge is 0.147 e. The summed E-state index contributed by atoms with van der Waals surface area (Å²) in [4.78, 5) is 4.36. The molecule has 6 heteroatoms. The van der Waals surface area contributed by atoms with E-state index in [2.05, 4.69) is 39.5 Å². The van der Waals surface area contributed by atoms with Crippen molar-refractivity contribution in [3.05, 3.63) is 23.5 Å². The Morgan fingerprint density at radius 3 is 3.00 bits per heavy atom. The van der Waals surface area contributed by atoms with E-state index in [0.29, 0.717) is 18.1 Å². The molecule has 0 fully saturated rings. The van der Waals surface area contributed by atoms with Crippen LogP contribution in [0.2, 0.25) is 0 Å². The molecule has 3 N–H and O–H groups in total. The monoisotopic (exact) mass is 437 g/mol. The lowest BCUT2D eigenvalue weighted by atomic mass is 10.4. The van der Waals surface area contributed by atoms with Crippen LogP contribution in [-0.2, 0) is 0 Å². The highest BCUT2D eigenvalue weighted by atomic mass is 127. The van der Waals surface area contributed by atoms with Crippen molar-refractivity contribution in [2.24, 2.45) is 10.7 Å². The van der Waals surface area contributed by atoms with Crippen molar-refractivity contribution in [1.29, 1.82) is 0 Å². The van der Waals surface area contributed by atoms with Crippen LogP contribution in [0.25, 0.3) is 0 Å². The summed E-state index contributed by atoms with van der Waals surface area (Å²) in [6, 6.07) is 0. The zero-order valence-corrected chi connectivity index (χ0v) is 12.4. The number of nitrogens with zero attached hydrogens (tertiary/aromatic N) is 1. The molecule has 0 amide bonds. The Balaban J connectivity index is 2.91. The highest BCUT2D eigenvalue weighted by Gasteiger charge is 2.14. The first-order valence-electron chi connectivity index (χ1n) is 3.88. The summed E-state index contributed by atoms with van der Waals surface area (Å²) in [6.45, 7) is 4.81. The van der Waals surface area contributed by atoms with Crippen LogP contribution in [0, 0.1) is 0 Å². The van der Waals surface area contributed by atoms with E-state index in [0.717, 1.165) is 11.1 Å². The molecule has 0 atom stereocenters. The Kier molecular flexibility index (Phi) is 5.57. The van der Waals surface area contributed by atoms with Crippen molar-refractivity contribution in [3.8, 4) is 0 Å². The number of halogens is 3. The minimum absolute atomic E-state index is 0.225. The summed E-state index contributed by atoms with van der Waals surface area (Å²) in [5.74, 6) is 0.724. The van der Waals surface area contributed by atoms with E-state index in [-0.39, 0.29) is 20.7 Å². The van der Waals surface area contributed by atoms with Gasteiger partial charge in [-0.2, -0.15) is 0 Å². The maximum atomic E-state index is 6.13. The average Bonchev–Trinajstić information content (AvgIpc) is 2.18. The van der Waals surface area contributed by atoms with Gasteiger partial charge < -0.3 is 11.1 Å². The first-order valence-corrected chi connectivity index (χ1v) is 7.50. The molecule has 1 heterocycles. The molecule has 0 aromatic carbocycles. The highest BCUT2D eigenvalue weighted by Crippen LogP contribution is 2.26. The van der Waals surface area contributed by atoms with Gasteiger partial charge in [-0.15, -0.1) is 6.58 Å². The lowest BCUT2D eigenvalue weighted by Crippen LogP contribution is -2.21. The fourth-order valence-corrected chi connectivity index (χ4v) is 4.76. The lowest BCUT2D eigenvalue weighted by Gasteiger charge is -2.13.